The number of benzene rings is 2. The van der Waals surface area contributed by atoms with Crippen LogP contribution in [0.4, 0.5) is 33.1 Å². The summed E-state index contributed by atoms with van der Waals surface area (Å²) in [5.74, 6) is 0.531. The number of rotatable bonds is 10. The average Bonchev–Trinajstić information content (AvgIpc) is 3.60. The molecule has 0 radical (unpaired) electrons. The summed E-state index contributed by atoms with van der Waals surface area (Å²) in [5.41, 5.74) is 2.44. The van der Waals surface area contributed by atoms with Crippen molar-refractivity contribution in [3.05, 3.63) is 70.7 Å². The number of nitrogens with zero attached hydrogens (tertiary/aromatic N) is 6. The molecule has 2 N–H and O–H groups in total. The molecule has 266 valence electrons. The van der Waals surface area contributed by atoms with Crippen molar-refractivity contribution in [2.24, 2.45) is 0 Å². The number of halogens is 3. The van der Waals surface area contributed by atoms with Crippen LogP contribution < -0.4 is 25.3 Å². The Hall–Kier alpha value is -3.72. The lowest BCUT2D eigenvalue weighted by Gasteiger charge is -2.46. The minimum Gasteiger partial charge on any atom is -0.494 e. The zero-order valence-corrected chi connectivity index (χ0v) is 29.4. The molecule has 4 fully saturated rings. The van der Waals surface area contributed by atoms with Gasteiger partial charge in [0.05, 0.1) is 66.1 Å². The molecule has 4 aliphatic heterocycles. The highest BCUT2D eigenvalue weighted by molar-refractivity contribution is 6.42. The Bertz CT molecular complexity index is 1720. The number of carbonyl (C=O) groups excluding carboxylic acids is 1. The topological polar surface area (TPSA) is 108 Å². The van der Waals surface area contributed by atoms with Crippen molar-refractivity contribution in [1.82, 2.24) is 19.8 Å². The van der Waals surface area contributed by atoms with Crippen molar-refractivity contribution < 1.29 is 23.5 Å². The maximum Gasteiger partial charge on any atom is 0.247 e. The fraction of sp³-hybridized carbons (Fsp3) is 0.457. The van der Waals surface area contributed by atoms with Crippen LogP contribution in [-0.4, -0.2) is 104 Å². The van der Waals surface area contributed by atoms with Gasteiger partial charge in [-0.3, -0.25) is 19.4 Å². The number of ether oxygens (including phenoxy) is 2. The van der Waals surface area contributed by atoms with Crippen LogP contribution >= 0.6 is 23.2 Å². The van der Waals surface area contributed by atoms with Crippen molar-refractivity contribution in [2.75, 3.05) is 86.8 Å². The van der Waals surface area contributed by atoms with Gasteiger partial charge in [0.2, 0.25) is 5.91 Å². The number of piperazine rings is 1. The summed E-state index contributed by atoms with van der Waals surface area (Å²) in [6.45, 7) is 11.8. The Labute approximate surface area is 301 Å². The van der Waals surface area contributed by atoms with Crippen molar-refractivity contribution in [3.63, 3.8) is 0 Å². The third kappa shape index (κ3) is 7.21. The Balaban J connectivity index is 1.08. The number of hydrogen-bond acceptors (Lipinski definition) is 11. The molecule has 0 bridgehead atoms. The maximum absolute atomic E-state index is 15.1. The van der Waals surface area contributed by atoms with E-state index in [1.165, 1.54) is 12.4 Å². The number of piperidine rings is 1. The molecule has 1 atom stereocenters. The van der Waals surface area contributed by atoms with Crippen LogP contribution in [-0.2, 0) is 14.4 Å². The second-order valence-corrected chi connectivity index (χ2v) is 13.6. The third-order valence-electron chi connectivity index (χ3n) is 10.0. The predicted octanol–water partition coefficient (Wildman–Crippen LogP) is 5.67. The van der Waals surface area contributed by atoms with Crippen molar-refractivity contribution in [1.29, 1.82) is 0 Å². The fourth-order valence-corrected chi connectivity index (χ4v) is 7.52. The lowest BCUT2D eigenvalue weighted by atomic mass is 10.0. The van der Waals surface area contributed by atoms with Gasteiger partial charge in [0.1, 0.15) is 23.7 Å². The van der Waals surface area contributed by atoms with E-state index in [4.69, 9.17) is 37.5 Å². The van der Waals surface area contributed by atoms with Gasteiger partial charge in [0, 0.05) is 69.4 Å². The number of carbonyl (C=O) groups is 1. The van der Waals surface area contributed by atoms with E-state index in [-0.39, 0.29) is 16.0 Å². The molecule has 1 aromatic heterocycles. The van der Waals surface area contributed by atoms with E-state index in [1.807, 2.05) is 12.1 Å². The summed E-state index contributed by atoms with van der Waals surface area (Å²) < 4.78 is 26.4. The number of anilines is 5. The van der Waals surface area contributed by atoms with Crippen LogP contribution in [0, 0.1) is 5.82 Å². The van der Waals surface area contributed by atoms with Gasteiger partial charge in [-0.1, -0.05) is 35.8 Å². The number of nitrogens with one attached hydrogen (secondary N) is 2. The molecule has 1 amide bonds. The summed E-state index contributed by atoms with van der Waals surface area (Å²) in [4.78, 5) is 34.8. The summed E-state index contributed by atoms with van der Waals surface area (Å²) >= 11 is 12.1. The molecule has 1 unspecified atom stereocenters. The van der Waals surface area contributed by atoms with E-state index < -0.39 is 11.9 Å². The van der Waals surface area contributed by atoms with E-state index in [0.717, 1.165) is 71.0 Å². The summed E-state index contributed by atoms with van der Waals surface area (Å²) in [5, 5.41) is 7.88. The van der Waals surface area contributed by atoms with Crippen LogP contribution in [0.5, 0.6) is 5.75 Å². The van der Waals surface area contributed by atoms with Gasteiger partial charge in [-0.15, -0.1) is 0 Å². The zero-order chi connectivity index (χ0) is 34.8. The van der Waals surface area contributed by atoms with Crippen LogP contribution in [0.15, 0.2) is 49.3 Å². The Morgan fingerprint density at radius 3 is 2.42 bits per heavy atom. The Morgan fingerprint density at radius 2 is 1.74 bits per heavy atom. The van der Waals surface area contributed by atoms with E-state index in [9.17, 15) is 4.79 Å². The van der Waals surface area contributed by atoms with Gasteiger partial charge in [-0.2, -0.15) is 0 Å². The monoisotopic (exact) mass is 726 g/mol. The zero-order valence-electron chi connectivity index (χ0n) is 27.9. The van der Waals surface area contributed by atoms with Gasteiger partial charge in [0.15, 0.2) is 5.82 Å². The highest BCUT2D eigenvalue weighted by Crippen LogP contribution is 2.42. The molecule has 50 heavy (non-hydrogen) atoms. The highest BCUT2D eigenvalue weighted by Gasteiger charge is 2.34. The Morgan fingerprint density at radius 1 is 1.00 bits per heavy atom. The van der Waals surface area contributed by atoms with Crippen molar-refractivity contribution in [2.45, 2.75) is 37.4 Å². The first-order valence-electron chi connectivity index (χ1n) is 16.9. The molecule has 0 aliphatic carbocycles. The first-order chi connectivity index (χ1) is 24.3. The number of methoxy groups -OCH3 is 1. The number of hydroxylamine groups is 1. The molecular weight excluding hydrogens is 686 g/mol. The average molecular weight is 728 g/mol. The first kappa shape index (κ1) is 34.7. The van der Waals surface area contributed by atoms with Crippen LogP contribution in [0.2, 0.25) is 10.0 Å². The van der Waals surface area contributed by atoms with E-state index >= 15 is 4.39 Å². The van der Waals surface area contributed by atoms with E-state index in [2.05, 4.69) is 41.9 Å². The molecule has 4 saturated heterocycles. The summed E-state index contributed by atoms with van der Waals surface area (Å²) in [6, 6.07) is 9.30. The molecule has 4 aliphatic rings. The van der Waals surface area contributed by atoms with Gasteiger partial charge in [-0.05, 0) is 31.1 Å². The van der Waals surface area contributed by atoms with Crippen molar-refractivity contribution in [3.8, 4) is 5.75 Å². The van der Waals surface area contributed by atoms with Gasteiger partial charge in [-0.25, -0.2) is 19.4 Å². The molecule has 12 nitrogen and oxygen atoms in total. The first-order valence-corrected chi connectivity index (χ1v) is 17.7. The fourth-order valence-electron chi connectivity index (χ4n) is 7.20. The number of aromatic nitrogens is 2. The number of amides is 1. The summed E-state index contributed by atoms with van der Waals surface area (Å²) in [6.07, 6.45) is 5.23. The quantitative estimate of drug-likeness (QED) is 0.200. The third-order valence-corrected chi connectivity index (χ3v) is 10.8. The standard InChI is InChI=1S/C35H41Cl2FN8O4/c1-3-33(47)42-26-16-27(41-31-18-32(40-21-39-31)46-28(8-15-50-46)24-4-5-25(36)34(37)35(24)38)30(48-2)17-29(26)45-9-6-22(7-10-45)43-11-13-44(14-12-43)23-19-49-20-23/h3-5,16-18,21-23,28H,1,6-15,19-20H2,2H3,(H,42,47)(H,39,40,41). The molecule has 3 aromatic rings. The van der Waals surface area contributed by atoms with Crippen molar-refractivity contribution >= 4 is 57.8 Å². The second kappa shape index (κ2) is 15.3. The lowest BCUT2D eigenvalue weighted by molar-refractivity contribution is -0.111. The minimum atomic E-state index is -0.590. The highest BCUT2D eigenvalue weighted by atomic mass is 35.5. The van der Waals surface area contributed by atoms with Crippen LogP contribution in [0.25, 0.3) is 0 Å². The largest absolute Gasteiger partial charge is 0.494 e. The van der Waals surface area contributed by atoms with Crippen LogP contribution in [0.3, 0.4) is 0 Å². The lowest BCUT2D eigenvalue weighted by Crippen LogP contribution is -2.59. The summed E-state index contributed by atoms with van der Waals surface area (Å²) in [7, 11) is 1.60. The molecule has 0 saturated carbocycles. The molecule has 7 rings (SSSR count). The molecular formula is C35H41Cl2FN8O4. The molecule has 15 heteroatoms. The van der Waals surface area contributed by atoms with Gasteiger partial charge in [0.25, 0.3) is 0 Å². The molecule has 5 heterocycles. The van der Waals surface area contributed by atoms with Gasteiger partial charge >= 0.3 is 0 Å². The Kier molecular flexibility index (Phi) is 10.6. The molecule has 0 spiro atoms. The minimum absolute atomic E-state index is 0.130. The van der Waals surface area contributed by atoms with E-state index in [1.54, 1.807) is 30.4 Å². The van der Waals surface area contributed by atoms with Crippen LogP contribution in [0.1, 0.15) is 30.9 Å². The predicted molar refractivity (Wildman–Crippen MR) is 192 cm³/mol. The SMILES string of the molecule is C=CC(=O)Nc1cc(Nc2cc(N3OCCC3c3ccc(Cl)c(Cl)c3F)ncn2)c(OC)cc1N1CCC(N2CCN(C3COC3)CC2)CC1. The molecule has 2 aromatic carbocycles. The second-order valence-electron chi connectivity index (χ2n) is 12.9. The van der Waals surface area contributed by atoms with E-state index in [0.29, 0.717) is 59.4 Å². The maximum atomic E-state index is 15.1. The number of hydrogen-bond donors (Lipinski definition) is 2. The normalized spacial score (nSPS) is 20.8. The smallest absolute Gasteiger partial charge is 0.247 e. The van der Waals surface area contributed by atoms with Gasteiger partial charge < -0.3 is 25.0 Å².